The number of rotatable bonds is 4. The second kappa shape index (κ2) is 5.68. The van der Waals surface area contributed by atoms with Crippen molar-refractivity contribution in [1.82, 2.24) is 20.3 Å². The van der Waals surface area contributed by atoms with E-state index in [4.69, 9.17) is 4.42 Å². The molecule has 0 bridgehead atoms. The van der Waals surface area contributed by atoms with E-state index in [-0.39, 0.29) is 6.03 Å². The van der Waals surface area contributed by atoms with Gasteiger partial charge in [0.25, 0.3) is 0 Å². The predicted octanol–water partition coefficient (Wildman–Crippen LogP) is 2.82. The highest BCUT2D eigenvalue weighted by Gasteiger charge is 2.21. The summed E-state index contributed by atoms with van der Waals surface area (Å²) >= 11 is 0. The number of nitrogens with zero attached hydrogens (tertiary/aromatic N) is 3. The lowest BCUT2D eigenvalue weighted by Crippen LogP contribution is -2.30. The van der Waals surface area contributed by atoms with Crippen LogP contribution in [0.2, 0.25) is 0 Å². The van der Waals surface area contributed by atoms with E-state index in [1.807, 2.05) is 6.07 Å². The molecule has 0 spiro atoms. The highest BCUT2D eigenvalue weighted by molar-refractivity contribution is 5.89. The molecule has 0 radical (unpaired) electrons. The number of pyridine rings is 1. The molecule has 3 aromatic rings. The fourth-order valence-corrected chi connectivity index (χ4v) is 2.24. The largest absolute Gasteiger partial charge is 0.472 e. The number of amides is 2. The van der Waals surface area contributed by atoms with Gasteiger partial charge in [-0.2, -0.15) is 0 Å². The SMILES string of the molecule is O=C(NCC1CC1)Nc1ccc2ncc(-c3ccoc3)nc2n1. The van der Waals surface area contributed by atoms with Gasteiger partial charge in [0, 0.05) is 12.1 Å². The van der Waals surface area contributed by atoms with Crippen LogP contribution in [0, 0.1) is 5.92 Å². The number of furan rings is 1. The molecule has 3 aromatic heterocycles. The molecule has 0 unspecified atom stereocenters. The van der Waals surface area contributed by atoms with Gasteiger partial charge in [0.05, 0.1) is 24.4 Å². The van der Waals surface area contributed by atoms with Gasteiger partial charge in [-0.15, -0.1) is 0 Å². The van der Waals surface area contributed by atoms with Gasteiger partial charge in [-0.05, 0) is 37.0 Å². The third kappa shape index (κ3) is 3.13. The van der Waals surface area contributed by atoms with E-state index in [1.165, 1.54) is 12.8 Å². The number of fused-ring (bicyclic) bond motifs is 1. The first-order chi connectivity index (χ1) is 11.3. The molecule has 0 aromatic carbocycles. The molecule has 4 rings (SSSR count). The molecule has 1 aliphatic rings. The van der Waals surface area contributed by atoms with Gasteiger partial charge in [0.1, 0.15) is 11.3 Å². The van der Waals surface area contributed by atoms with E-state index in [0.29, 0.717) is 35.1 Å². The molecule has 0 atom stereocenters. The van der Waals surface area contributed by atoms with Gasteiger partial charge in [-0.3, -0.25) is 10.3 Å². The summed E-state index contributed by atoms with van der Waals surface area (Å²) in [6.45, 7) is 0.712. The van der Waals surface area contributed by atoms with Crippen LogP contribution in [-0.4, -0.2) is 27.5 Å². The second-order valence-corrected chi connectivity index (χ2v) is 5.58. The lowest BCUT2D eigenvalue weighted by atomic mass is 10.2. The van der Waals surface area contributed by atoms with Crippen LogP contribution < -0.4 is 10.6 Å². The fourth-order valence-electron chi connectivity index (χ4n) is 2.24. The molecule has 23 heavy (non-hydrogen) atoms. The first-order valence-corrected chi connectivity index (χ1v) is 7.49. The van der Waals surface area contributed by atoms with Crippen LogP contribution in [0.1, 0.15) is 12.8 Å². The van der Waals surface area contributed by atoms with Gasteiger partial charge >= 0.3 is 6.03 Å². The number of nitrogens with one attached hydrogen (secondary N) is 2. The Kier molecular flexibility index (Phi) is 3.38. The van der Waals surface area contributed by atoms with E-state index in [0.717, 1.165) is 5.56 Å². The number of urea groups is 1. The summed E-state index contributed by atoms with van der Waals surface area (Å²) in [5.74, 6) is 1.08. The Hall–Kier alpha value is -2.96. The molecule has 0 saturated heterocycles. The summed E-state index contributed by atoms with van der Waals surface area (Å²) in [6, 6.07) is 5.06. The summed E-state index contributed by atoms with van der Waals surface area (Å²) in [4.78, 5) is 25.0. The average molecular weight is 309 g/mol. The summed E-state index contributed by atoms with van der Waals surface area (Å²) in [5.41, 5.74) is 2.65. The second-order valence-electron chi connectivity index (χ2n) is 5.58. The van der Waals surface area contributed by atoms with Gasteiger partial charge in [0.15, 0.2) is 5.65 Å². The zero-order chi connectivity index (χ0) is 15.6. The van der Waals surface area contributed by atoms with Crippen LogP contribution in [-0.2, 0) is 0 Å². The molecule has 2 N–H and O–H groups in total. The normalized spacial score (nSPS) is 13.9. The Bertz CT molecular complexity index is 843. The van der Waals surface area contributed by atoms with Crippen molar-refractivity contribution >= 4 is 23.0 Å². The molecule has 1 saturated carbocycles. The third-order valence-electron chi connectivity index (χ3n) is 3.71. The van der Waals surface area contributed by atoms with Gasteiger partial charge in [-0.25, -0.2) is 14.8 Å². The van der Waals surface area contributed by atoms with Crippen LogP contribution in [0.5, 0.6) is 0 Å². The summed E-state index contributed by atoms with van der Waals surface area (Å²) in [6.07, 6.45) is 7.24. The first kappa shape index (κ1) is 13.7. The molecule has 2 amide bonds. The maximum absolute atomic E-state index is 11.8. The minimum Gasteiger partial charge on any atom is -0.472 e. The number of carbonyl (C=O) groups is 1. The number of aromatic nitrogens is 3. The summed E-state index contributed by atoms with van der Waals surface area (Å²) in [5, 5.41) is 5.56. The van der Waals surface area contributed by atoms with E-state index < -0.39 is 0 Å². The minimum absolute atomic E-state index is 0.248. The zero-order valence-corrected chi connectivity index (χ0v) is 12.3. The molecular weight excluding hydrogens is 294 g/mol. The molecule has 116 valence electrons. The molecule has 0 aliphatic heterocycles. The van der Waals surface area contributed by atoms with Crippen LogP contribution in [0.15, 0.2) is 41.3 Å². The Morgan fingerprint density at radius 3 is 2.96 bits per heavy atom. The standard InChI is InChI=1S/C16H15N5O2/c22-16(18-7-10-1-2-10)21-14-4-3-12-15(20-14)19-13(8-17-12)11-5-6-23-9-11/h3-6,8-10H,1-2,7H2,(H2,18,19,20,21,22). The number of hydrogen-bond acceptors (Lipinski definition) is 5. The van der Waals surface area contributed by atoms with E-state index in [2.05, 4.69) is 25.6 Å². The number of carbonyl (C=O) groups excluding carboxylic acids is 1. The van der Waals surface area contributed by atoms with Gasteiger partial charge in [-0.1, -0.05) is 0 Å². The molecule has 7 nitrogen and oxygen atoms in total. The fraction of sp³-hybridized carbons (Fsp3) is 0.250. The first-order valence-electron chi connectivity index (χ1n) is 7.49. The molecule has 3 heterocycles. The average Bonchev–Trinajstić information content (AvgIpc) is 3.24. The quantitative estimate of drug-likeness (QED) is 0.773. The Morgan fingerprint density at radius 1 is 1.26 bits per heavy atom. The Balaban J connectivity index is 1.54. The van der Waals surface area contributed by atoms with Gasteiger partial charge < -0.3 is 9.73 Å². The summed E-state index contributed by atoms with van der Waals surface area (Å²) < 4.78 is 5.06. The van der Waals surface area contributed by atoms with Crippen LogP contribution in [0.4, 0.5) is 10.6 Å². The monoisotopic (exact) mass is 309 g/mol. The maximum Gasteiger partial charge on any atom is 0.320 e. The molecule has 7 heteroatoms. The van der Waals surface area contributed by atoms with Crippen molar-refractivity contribution in [2.24, 2.45) is 5.92 Å². The topological polar surface area (TPSA) is 92.9 Å². The number of hydrogen-bond donors (Lipinski definition) is 2. The highest BCUT2D eigenvalue weighted by Crippen LogP contribution is 2.27. The summed E-state index contributed by atoms with van der Waals surface area (Å²) in [7, 11) is 0. The smallest absolute Gasteiger partial charge is 0.320 e. The molecular formula is C16H15N5O2. The van der Waals surface area contributed by atoms with Crippen molar-refractivity contribution in [3.8, 4) is 11.3 Å². The van der Waals surface area contributed by atoms with Crippen molar-refractivity contribution < 1.29 is 9.21 Å². The van der Waals surface area contributed by atoms with Crippen molar-refractivity contribution in [2.75, 3.05) is 11.9 Å². The predicted molar refractivity (Wildman–Crippen MR) is 84.8 cm³/mol. The maximum atomic E-state index is 11.8. The van der Waals surface area contributed by atoms with Gasteiger partial charge in [0.2, 0.25) is 0 Å². The minimum atomic E-state index is -0.248. The lowest BCUT2D eigenvalue weighted by molar-refractivity contribution is 0.251. The Morgan fingerprint density at radius 2 is 2.17 bits per heavy atom. The third-order valence-corrected chi connectivity index (χ3v) is 3.71. The van der Waals surface area contributed by atoms with Crippen molar-refractivity contribution in [1.29, 1.82) is 0 Å². The highest BCUT2D eigenvalue weighted by atomic mass is 16.3. The van der Waals surface area contributed by atoms with E-state index in [1.54, 1.807) is 30.9 Å². The molecule has 1 aliphatic carbocycles. The Labute approximate surface area is 132 Å². The van der Waals surface area contributed by atoms with Crippen LogP contribution in [0.25, 0.3) is 22.4 Å². The van der Waals surface area contributed by atoms with Crippen molar-refractivity contribution in [2.45, 2.75) is 12.8 Å². The number of anilines is 1. The zero-order valence-electron chi connectivity index (χ0n) is 12.3. The molecule has 1 fully saturated rings. The van der Waals surface area contributed by atoms with E-state index in [9.17, 15) is 4.79 Å². The van der Waals surface area contributed by atoms with Crippen molar-refractivity contribution in [3.05, 3.63) is 36.9 Å². The van der Waals surface area contributed by atoms with Crippen LogP contribution in [0.3, 0.4) is 0 Å². The lowest BCUT2D eigenvalue weighted by Gasteiger charge is -2.07. The van der Waals surface area contributed by atoms with Crippen LogP contribution >= 0.6 is 0 Å². The van der Waals surface area contributed by atoms with Crippen molar-refractivity contribution in [3.63, 3.8) is 0 Å². The van der Waals surface area contributed by atoms with E-state index >= 15 is 0 Å².